The highest BCUT2D eigenvalue weighted by Crippen LogP contribution is 2.47. The number of aryl methyl sites for hydroxylation is 3. The maximum Gasteiger partial charge on any atom is 0.416 e. The van der Waals surface area contributed by atoms with Crippen LogP contribution in [0.25, 0.3) is 65.7 Å². The largest absolute Gasteiger partial charge is 0.416 e. The van der Waals surface area contributed by atoms with Gasteiger partial charge in [0.25, 0.3) is 0 Å². The van der Waals surface area contributed by atoms with E-state index in [1.807, 2.05) is 0 Å². The van der Waals surface area contributed by atoms with Gasteiger partial charge in [0.15, 0.2) is 0 Å². The molecular formula is C38H27F3. The second kappa shape index (κ2) is 9.21. The van der Waals surface area contributed by atoms with Gasteiger partial charge in [-0.2, -0.15) is 13.2 Å². The molecule has 0 aliphatic heterocycles. The number of hydrogen-bond donors (Lipinski definition) is 0. The van der Waals surface area contributed by atoms with Gasteiger partial charge in [-0.15, -0.1) is 0 Å². The van der Waals surface area contributed by atoms with Gasteiger partial charge in [-0.3, -0.25) is 0 Å². The quantitative estimate of drug-likeness (QED) is 0.196. The lowest BCUT2D eigenvalue weighted by atomic mass is 9.83. The van der Waals surface area contributed by atoms with Crippen molar-refractivity contribution in [3.63, 3.8) is 0 Å². The first-order valence-corrected chi connectivity index (χ1v) is 13.8. The molecule has 0 spiro atoms. The molecule has 0 fully saturated rings. The predicted octanol–water partition coefficient (Wildman–Crippen LogP) is 11.5. The van der Waals surface area contributed by atoms with Gasteiger partial charge in [0, 0.05) is 0 Å². The van der Waals surface area contributed by atoms with Crippen LogP contribution in [0.3, 0.4) is 0 Å². The Hall–Kier alpha value is -4.63. The monoisotopic (exact) mass is 540 g/mol. The fourth-order valence-corrected chi connectivity index (χ4v) is 6.19. The van der Waals surface area contributed by atoms with Crippen molar-refractivity contribution in [2.24, 2.45) is 0 Å². The summed E-state index contributed by atoms with van der Waals surface area (Å²) in [6, 6.07) is 36.0. The zero-order valence-corrected chi connectivity index (χ0v) is 23.0. The van der Waals surface area contributed by atoms with Crippen LogP contribution in [-0.4, -0.2) is 0 Å². The van der Waals surface area contributed by atoms with Crippen LogP contribution in [0.2, 0.25) is 0 Å². The fourth-order valence-electron chi connectivity index (χ4n) is 6.19. The van der Waals surface area contributed by atoms with Crippen LogP contribution in [-0.2, 0) is 6.18 Å². The second-order valence-corrected chi connectivity index (χ2v) is 11.1. The Labute approximate surface area is 237 Å². The van der Waals surface area contributed by atoms with Crippen LogP contribution in [0.1, 0.15) is 22.3 Å². The standard InChI is InChI=1S/C38H27F3/c1-22-4-8-25(9-5-22)34-21-35(26-10-6-23(2)7-11-26)32-19-18-30-33(27-12-14-28(15-13-27)38(39,40)41)20-24(3)29-16-17-31(34)37(32)36(29)30/h4-21H,1-3H3. The molecule has 0 unspecified atom stereocenters. The third-order valence-corrected chi connectivity index (χ3v) is 8.35. The highest BCUT2D eigenvalue weighted by atomic mass is 19.4. The van der Waals surface area contributed by atoms with Crippen molar-refractivity contribution in [1.29, 1.82) is 0 Å². The lowest BCUT2D eigenvalue weighted by molar-refractivity contribution is -0.137. The first-order valence-electron chi connectivity index (χ1n) is 13.8. The third-order valence-electron chi connectivity index (χ3n) is 8.35. The number of hydrogen-bond acceptors (Lipinski definition) is 0. The number of halogens is 3. The molecule has 0 atom stereocenters. The minimum atomic E-state index is -4.37. The van der Waals surface area contributed by atoms with E-state index in [0.29, 0.717) is 0 Å². The fraction of sp³-hybridized carbons (Fsp3) is 0.105. The van der Waals surface area contributed by atoms with Gasteiger partial charge < -0.3 is 0 Å². The molecule has 0 heterocycles. The van der Waals surface area contributed by atoms with Crippen LogP contribution in [0.15, 0.2) is 109 Å². The molecule has 0 bridgehead atoms. The molecule has 0 amide bonds. The Morgan fingerprint density at radius 2 is 0.780 bits per heavy atom. The Kier molecular flexibility index (Phi) is 5.69. The molecular weight excluding hydrogens is 513 g/mol. The van der Waals surface area contributed by atoms with E-state index >= 15 is 0 Å². The van der Waals surface area contributed by atoms with Gasteiger partial charge in [0.05, 0.1) is 5.56 Å². The molecule has 0 saturated heterocycles. The summed E-state index contributed by atoms with van der Waals surface area (Å²) in [6.07, 6.45) is -4.37. The number of benzene rings is 7. The maximum atomic E-state index is 13.3. The zero-order valence-electron chi connectivity index (χ0n) is 23.0. The highest BCUT2D eigenvalue weighted by Gasteiger charge is 2.30. The summed E-state index contributed by atoms with van der Waals surface area (Å²) in [4.78, 5) is 0. The molecule has 7 rings (SSSR count). The summed E-state index contributed by atoms with van der Waals surface area (Å²) < 4.78 is 39.9. The van der Waals surface area contributed by atoms with Crippen LogP contribution in [0.4, 0.5) is 13.2 Å². The molecule has 0 aromatic heterocycles. The predicted molar refractivity (Wildman–Crippen MR) is 166 cm³/mol. The molecule has 0 N–H and O–H groups in total. The lowest BCUT2D eigenvalue weighted by Gasteiger charge is -2.21. The summed E-state index contributed by atoms with van der Waals surface area (Å²) in [5.41, 5.74) is 9.24. The van der Waals surface area contributed by atoms with E-state index in [0.717, 1.165) is 44.0 Å². The third kappa shape index (κ3) is 4.15. The molecule has 0 radical (unpaired) electrons. The smallest absolute Gasteiger partial charge is 0.166 e. The summed E-state index contributed by atoms with van der Waals surface area (Å²) in [7, 11) is 0. The zero-order chi connectivity index (χ0) is 28.5. The molecule has 0 aliphatic carbocycles. The van der Waals surface area contributed by atoms with Crippen LogP contribution in [0.5, 0.6) is 0 Å². The Balaban J connectivity index is 1.59. The summed E-state index contributed by atoms with van der Waals surface area (Å²) >= 11 is 0. The lowest BCUT2D eigenvalue weighted by Crippen LogP contribution is -2.04. The van der Waals surface area contributed by atoms with Gasteiger partial charge in [-0.05, 0) is 110 Å². The molecule has 0 saturated carbocycles. The van der Waals surface area contributed by atoms with Gasteiger partial charge in [0.1, 0.15) is 0 Å². The van der Waals surface area contributed by atoms with E-state index in [2.05, 4.69) is 106 Å². The van der Waals surface area contributed by atoms with E-state index in [1.165, 1.54) is 50.5 Å². The summed E-state index contributed by atoms with van der Waals surface area (Å²) in [5.74, 6) is 0. The van der Waals surface area contributed by atoms with Gasteiger partial charge >= 0.3 is 6.18 Å². The van der Waals surface area contributed by atoms with E-state index < -0.39 is 11.7 Å². The molecule has 200 valence electrons. The van der Waals surface area contributed by atoms with Crippen molar-refractivity contribution in [3.8, 4) is 33.4 Å². The second-order valence-electron chi connectivity index (χ2n) is 11.1. The minimum absolute atomic E-state index is 0.638. The summed E-state index contributed by atoms with van der Waals surface area (Å²) in [6.45, 7) is 6.27. The first-order chi connectivity index (χ1) is 19.7. The molecule has 0 aliphatic rings. The minimum Gasteiger partial charge on any atom is -0.166 e. The molecule has 41 heavy (non-hydrogen) atoms. The molecule has 0 nitrogen and oxygen atoms in total. The van der Waals surface area contributed by atoms with Gasteiger partial charge in [-0.25, -0.2) is 0 Å². The topological polar surface area (TPSA) is 0 Å². The van der Waals surface area contributed by atoms with Gasteiger partial charge in [0.2, 0.25) is 0 Å². The van der Waals surface area contributed by atoms with Crippen molar-refractivity contribution in [3.05, 3.63) is 131 Å². The van der Waals surface area contributed by atoms with Crippen LogP contribution < -0.4 is 0 Å². The van der Waals surface area contributed by atoms with Crippen molar-refractivity contribution < 1.29 is 13.2 Å². The van der Waals surface area contributed by atoms with E-state index in [9.17, 15) is 13.2 Å². The van der Waals surface area contributed by atoms with Crippen molar-refractivity contribution in [1.82, 2.24) is 0 Å². The molecule has 7 aromatic rings. The van der Waals surface area contributed by atoms with E-state index in [4.69, 9.17) is 0 Å². The van der Waals surface area contributed by atoms with Gasteiger partial charge in [-0.1, -0.05) is 102 Å². The number of alkyl halides is 3. The van der Waals surface area contributed by atoms with E-state index in [1.54, 1.807) is 12.1 Å². The molecule has 7 aromatic carbocycles. The Morgan fingerprint density at radius 1 is 0.415 bits per heavy atom. The SMILES string of the molecule is Cc1ccc(-c2cc(-c3ccc(C)cc3)c3ccc4c(-c5ccc(C(F)(F)F)cc5)cc(C)c5ccc2c3c54)cc1. The maximum absolute atomic E-state index is 13.3. The summed E-state index contributed by atoms with van der Waals surface area (Å²) in [5, 5.41) is 6.87. The Bertz CT molecular complexity index is 2000. The molecule has 3 heteroatoms. The number of rotatable bonds is 3. The van der Waals surface area contributed by atoms with Crippen molar-refractivity contribution in [2.75, 3.05) is 0 Å². The first kappa shape index (κ1) is 25.3. The Morgan fingerprint density at radius 3 is 1.22 bits per heavy atom. The normalized spacial score (nSPS) is 12.1. The van der Waals surface area contributed by atoms with Crippen LogP contribution in [0, 0.1) is 20.8 Å². The highest BCUT2D eigenvalue weighted by molar-refractivity contribution is 6.30. The van der Waals surface area contributed by atoms with Crippen molar-refractivity contribution in [2.45, 2.75) is 26.9 Å². The average Bonchev–Trinajstić information content (AvgIpc) is 2.97. The van der Waals surface area contributed by atoms with E-state index in [-0.39, 0.29) is 0 Å². The van der Waals surface area contributed by atoms with Crippen LogP contribution >= 0.6 is 0 Å². The average molecular weight is 541 g/mol. The van der Waals surface area contributed by atoms with Crippen molar-refractivity contribution >= 4 is 32.3 Å².